The van der Waals surface area contributed by atoms with Crippen molar-refractivity contribution in [3.63, 3.8) is 0 Å². The average Bonchev–Trinajstić information content (AvgIpc) is 2.47. The summed E-state index contributed by atoms with van der Waals surface area (Å²) in [4.78, 5) is 4.23. The fraction of sp³-hybridized carbons (Fsp3) is 0.500. The molecular formula is C10H15NOS. The zero-order valence-electron chi connectivity index (χ0n) is 8.08. The van der Waals surface area contributed by atoms with Gasteiger partial charge in [0, 0.05) is 5.38 Å². The van der Waals surface area contributed by atoms with Gasteiger partial charge in [0.2, 0.25) is 0 Å². The van der Waals surface area contributed by atoms with Crippen LogP contribution in [0.2, 0.25) is 0 Å². The van der Waals surface area contributed by atoms with Crippen LogP contribution in [-0.4, -0.2) is 10.1 Å². The number of allylic oxidation sites excluding steroid dienone is 1. The van der Waals surface area contributed by atoms with Crippen LogP contribution in [0.1, 0.15) is 36.6 Å². The average molecular weight is 197 g/mol. The van der Waals surface area contributed by atoms with Gasteiger partial charge in [-0.05, 0) is 26.7 Å². The molecule has 0 amide bonds. The number of hydrogen-bond donors (Lipinski definition) is 1. The zero-order chi connectivity index (χ0) is 9.84. The van der Waals surface area contributed by atoms with Crippen molar-refractivity contribution in [3.05, 3.63) is 28.2 Å². The van der Waals surface area contributed by atoms with Crippen molar-refractivity contribution >= 4 is 11.3 Å². The Bertz CT molecular complexity index is 293. The summed E-state index contributed by atoms with van der Waals surface area (Å²) in [5.74, 6) is 0. The Morgan fingerprint density at radius 3 is 2.92 bits per heavy atom. The van der Waals surface area contributed by atoms with Gasteiger partial charge in [-0.15, -0.1) is 17.9 Å². The molecule has 2 nitrogen and oxygen atoms in total. The van der Waals surface area contributed by atoms with Gasteiger partial charge in [0.25, 0.3) is 0 Å². The molecule has 0 fully saturated rings. The van der Waals surface area contributed by atoms with Crippen molar-refractivity contribution in [2.24, 2.45) is 0 Å². The number of aromatic nitrogens is 1. The summed E-state index contributed by atoms with van der Waals surface area (Å²) in [6, 6.07) is 0. The third kappa shape index (κ3) is 3.28. The van der Waals surface area contributed by atoms with E-state index in [0.717, 1.165) is 29.1 Å². The van der Waals surface area contributed by atoms with E-state index in [1.54, 1.807) is 11.3 Å². The van der Waals surface area contributed by atoms with E-state index in [0.29, 0.717) is 0 Å². The number of thiazole rings is 1. The summed E-state index contributed by atoms with van der Waals surface area (Å²) in [6.45, 7) is 7.71. The first-order valence-electron chi connectivity index (χ1n) is 4.34. The van der Waals surface area contributed by atoms with Crippen LogP contribution < -0.4 is 0 Å². The van der Waals surface area contributed by atoms with Gasteiger partial charge in [-0.1, -0.05) is 5.57 Å². The van der Waals surface area contributed by atoms with Gasteiger partial charge in [0.15, 0.2) is 0 Å². The highest BCUT2D eigenvalue weighted by Gasteiger charge is 2.09. The van der Waals surface area contributed by atoms with E-state index < -0.39 is 6.10 Å². The molecule has 1 aromatic heterocycles. The molecule has 13 heavy (non-hydrogen) atoms. The molecule has 0 aliphatic carbocycles. The number of aliphatic hydroxyl groups excluding tert-OH is 1. The Kier molecular flexibility index (Phi) is 3.63. The van der Waals surface area contributed by atoms with Crippen LogP contribution >= 0.6 is 11.3 Å². The highest BCUT2D eigenvalue weighted by Crippen LogP contribution is 2.21. The van der Waals surface area contributed by atoms with Gasteiger partial charge in [-0.3, -0.25) is 0 Å². The monoisotopic (exact) mass is 197 g/mol. The molecule has 72 valence electrons. The van der Waals surface area contributed by atoms with E-state index in [1.165, 1.54) is 0 Å². The molecule has 3 heteroatoms. The van der Waals surface area contributed by atoms with Crippen LogP contribution in [-0.2, 0) is 0 Å². The molecule has 0 spiro atoms. The van der Waals surface area contributed by atoms with Crippen LogP contribution in [0.3, 0.4) is 0 Å². The molecule has 1 aromatic rings. The van der Waals surface area contributed by atoms with Crippen molar-refractivity contribution in [2.75, 3.05) is 0 Å². The summed E-state index contributed by atoms with van der Waals surface area (Å²) in [5.41, 5.74) is 1.90. The van der Waals surface area contributed by atoms with Gasteiger partial charge in [0.1, 0.15) is 0 Å². The lowest BCUT2D eigenvalue weighted by Crippen LogP contribution is -1.97. The van der Waals surface area contributed by atoms with E-state index in [2.05, 4.69) is 11.6 Å². The van der Waals surface area contributed by atoms with Crippen LogP contribution in [0.4, 0.5) is 0 Å². The molecule has 0 saturated heterocycles. The third-order valence-corrected chi connectivity index (χ3v) is 2.61. The molecule has 1 atom stereocenters. The highest BCUT2D eigenvalue weighted by atomic mass is 32.1. The first-order chi connectivity index (χ1) is 6.09. The number of hydrogen-bond acceptors (Lipinski definition) is 3. The Hall–Kier alpha value is -0.670. The van der Waals surface area contributed by atoms with E-state index >= 15 is 0 Å². The van der Waals surface area contributed by atoms with Crippen LogP contribution in [0, 0.1) is 6.92 Å². The largest absolute Gasteiger partial charge is 0.387 e. The van der Waals surface area contributed by atoms with Crippen molar-refractivity contribution in [2.45, 2.75) is 32.8 Å². The highest BCUT2D eigenvalue weighted by molar-refractivity contribution is 7.09. The predicted octanol–water partition coefficient (Wildman–Crippen LogP) is 2.84. The molecule has 0 saturated carbocycles. The summed E-state index contributed by atoms with van der Waals surface area (Å²) in [5, 5.41) is 12.6. The molecular weight excluding hydrogens is 182 g/mol. The maximum absolute atomic E-state index is 9.69. The first-order valence-corrected chi connectivity index (χ1v) is 5.22. The second-order valence-electron chi connectivity index (χ2n) is 3.30. The first kappa shape index (κ1) is 10.4. The Morgan fingerprint density at radius 1 is 1.77 bits per heavy atom. The predicted molar refractivity (Wildman–Crippen MR) is 55.9 cm³/mol. The normalized spacial score (nSPS) is 12.8. The van der Waals surface area contributed by atoms with Gasteiger partial charge in [-0.2, -0.15) is 0 Å². The van der Waals surface area contributed by atoms with Gasteiger partial charge < -0.3 is 5.11 Å². The minimum atomic E-state index is -0.429. The molecule has 0 radical (unpaired) electrons. The van der Waals surface area contributed by atoms with Crippen molar-refractivity contribution in [1.82, 2.24) is 4.98 Å². The van der Waals surface area contributed by atoms with Crippen molar-refractivity contribution < 1.29 is 5.11 Å². The topological polar surface area (TPSA) is 33.1 Å². The van der Waals surface area contributed by atoms with Crippen LogP contribution in [0.5, 0.6) is 0 Å². The number of aryl methyl sites for hydroxylation is 1. The minimum Gasteiger partial charge on any atom is -0.387 e. The zero-order valence-corrected chi connectivity index (χ0v) is 8.90. The number of aliphatic hydroxyl groups is 1. The molecule has 0 aliphatic rings. The maximum atomic E-state index is 9.69. The smallest absolute Gasteiger partial charge is 0.0971 e. The molecule has 0 aromatic carbocycles. The minimum absolute atomic E-state index is 0.429. The molecule has 0 bridgehead atoms. The Labute approximate surface area is 83.0 Å². The summed E-state index contributed by atoms with van der Waals surface area (Å²) < 4.78 is 0. The lowest BCUT2D eigenvalue weighted by atomic mass is 10.1. The quantitative estimate of drug-likeness (QED) is 0.753. The summed E-state index contributed by atoms with van der Waals surface area (Å²) in [6.07, 6.45) is 1.15. The summed E-state index contributed by atoms with van der Waals surface area (Å²) >= 11 is 1.57. The van der Waals surface area contributed by atoms with Crippen molar-refractivity contribution in [1.29, 1.82) is 0 Å². The lowest BCUT2D eigenvalue weighted by molar-refractivity contribution is 0.163. The van der Waals surface area contributed by atoms with Crippen molar-refractivity contribution in [3.8, 4) is 0 Å². The van der Waals surface area contributed by atoms with E-state index in [4.69, 9.17) is 0 Å². The van der Waals surface area contributed by atoms with Crippen LogP contribution in [0.25, 0.3) is 0 Å². The number of rotatable bonds is 4. The molecule has 1 rings (SSSR count). The Balaban J connectivity index is 2.48. The fourth-order valence-corrected chi connectivity index (χ4v) is 1.72. The van der Waals surface area contributed by atoms with Gasteiger partial charge in [0.05, 0.1) is 16.8 Å². The Morgan fingerprint density at radius 2 is 2.46 bits per heavy atom. The second kappa shape index (κ2) is 4.53. The summed E-state index contributed by atoms with van der Waals surface area (Å²) in [7, 11) is 0. The SMILES string of the molecule is C=C(C)CCC(O)c1csc(C)n1. The standard InChI is InChI=1S/C10H15NOS/c1-7(2)4-5-10(12)9-6-13-8(3)11-9/h6,10,12H,1,4-5H2,2-3H3. The van der Waals surface area contributed by atoms with Gasteiger partial charge in [-0.25, -0.2) is 4.98 Å². The lowest BCUT2D eigenvalue weighted by Gasteiger charge is -2.06. The van der Waals surface area contributed by atoms with E-state index in [9.17, 15) is 5.11 Å². The number of nitrogens with zero attached hydrogens (tertiary/aromatic N) is 1. The van der Waals surface area contributed by atoms with E-state index in [-0.39, 0.29) is 0 Å². The van der Waals surface area contributed by atoms with Crippen LogP contribution in [0.15, 0.2) is 17.5 Å². The third-order valence-electron chi connectivity index (χ3n) is 1.82. The van der Waals surface area contributed by atoms with Gasteiger partial charge >= 0.3 is 0 Å². The van der Waals surface area contributed by atoms with E-state index in [1.807, 2.05) is 19.2 Å². The molecule has 1 unspecified atom stereocenters. The molecule has 1 heterocycles. The second-order valence-corrected chi connectivity index (χ2v) is 4.37. The fourth-order valence-electron chi connectivity index (χ4n) is 1.06. The molecule has 0 aliphatic heterocycles. The maximum Gasteiger partial charge on any atom is 0.0971 e. The molecule has 1 N–H and O–H groups in total.